The van der Waals surface area contributed by atoms with Crippen molar-refractivity contribution in [3.8, 4) is 0 Å². The van der Waals surface area contributed by atoms with E-state index in [-0.39, 0.29) is 12.1 Å². The lowest BCUT2D eigenvalue weighted by molar-refractivity contribution is -0.151. The molecule has 25 heavy (non-hydrogen) atoms. The summed E-state index contributed by atoms with van der Waals surface area (Å²) in [5.41, 5.74) is 1.10. The lowest BCUT2D eigenvalue weighted by Crippen LogP contribution is -2.35. The third-order valence-electron chi connectivity index (χ3n) is 3.82. The first-order chi connectivity index (χ1) is 12.0. The van der Waals surface area contributed by atoms with Gasteiger partial charge in [-0.1, -0.05) is 19.1 Å². The van der Waals surface area contributed by atoms with E-state index in [2.05, 4.69) is 29.5 Å². The van der Waals surface area contributed by atoms with Crippen molar-refractivity contribution in [1.29, 1.82) is 5.41 Å². The molecule has 1 fully saturated rings. The SMILES string of the molecule is CC(/C=C/c1cccs1)=C\C=N.CCCC(=O)OC1CCN(C)CC1. The molecule has 2 heterocycles. The molecule has 2 rings (SSSR count). The minimum Gasteiger partial charge on any atom is -0.462 e. The van der Waals surface area contributed by atoms with Crippen LogP contribution in [0.2, 0.25) is 0 Å². The van der Waals surface area contributed by atoms with Gasteiger partial charge in [-0.2, -0.15) is 0 Å². The van der Waals surface area contributed by atoms with Crippen LogP contribution in [0.4, 0.5) is 0 Å². The van der Waals surface area contributed by atoms with Gasteiger partial charge in [-0.3, -0.25) is 4.79 Å². The number of thiophene rings is 1. The van der Waals surface area contributed by atoms with Gasteiger partial charge in [0.1, 0.15) is 6.10 Å². The van der Waals surface area contributed by atoms with E-state index < -0.39 is 0 Å². The fraction of sp³-hybridized carbons (Fsp3) is 0.500. The Labute approximate surface area is 155 Å². The molecule has 0 spiro atoms. The van der Waals surface area contributed by atoms with Crippen molar-refractivity contribution in [1.82, 2.24) is 4.90 Å². The van der Waals surface area contributed by atoms with Gasteiger partial charge in [0.2, 0.25) is 0 Å². The van der Waals surface area contributed by atoms with E-state index in [0.717, 1.165) is 37.9 Å². The summed E-state index contributed by atoms with van der Waals surface area (Å²) in [7, 11) is 2.10. The van der Waals surface area contributed by atoms with Crippen molar-refractivity contribution in [2.45, 2.75) is 45.6 Å². The van der Waals surface area contributed by atoms with E-state index in [1.807, 2.05) is 26.0 Å². The van der Waals surface area contributed by atoms with E-state index in [9.17, 15) is 4.79 Å². The summed E-state index contributed by atoms with van der Waals surface area (Å²) in [5.74, 6) is -0.0305. The molecular weight excluding hydrogens is 332 g/mol. The molecule has 1 aromatic heterocycles. The van der Waals surface area contributed by atoms with E-state index >= 15 is 0 Å². The molecule has 1 aliphatic rings. The molecule has 4 nitrogen and oxygen atoms in total. The Kier molecular flexibility index (Phi) is 10.8. The predicted octanol–water partition coefficient (Wildman–Crippen LogP) is 4.78. The minimum atomic E-state index is -0.0305. The smallest absolute Gasteiger partial charge is 0.306 e. The quantitative estimate of drug-likeness (QED) is 0.450. The monoisotopic (exact) mass is 362 g/mol. The highest BCUT2D eigenvalue weighted by atomic mass is 32.1. The first-order valence-electron chi connectivity index (χ1n) is 8.82. The van der Waals surface area contributed by atoms with Crippen molar-refractivity contribution in [2.75, 3.05) is 20.1 Å². The lowest BCUT2D eigenvalue weighted by Gasteiger charge is -2.28. The van der Waals surface area contributed by atoms with Gasteiger partial charge in [0, 0.05) is 30.6 Å². The number of ether oxygens (including phenoxy) is 1. The van der Waals surface area contributed by atoms with Gasteiger partial charge in [0.05, 0.1) is 0 Å². The Morgan fingerprint density at radius 1 is 1.44 bits per heavy atom. The number of likely N-dealkylation sites (tertiary alicyclic amines) is 1. The number of nitrogens with one attached hydrogen (secondary N) is 1. The van der Waals surface area contributed by atoms with Crippen LogP contribution in [0.5, 0.6) is 0 Å². The first-order valence-corrected chi connectivity index (χ1v) is 9.70. The molecule has 5 heteroatoms. The molecule has 0 amide bonds. The second kappa shape index (κ2) is 12.6. The van der Waals surface area contributed by atoms with E-state index in [1.54, 1.807) is 17.4 Å². The Morgan fingerprint density at radius 2 is 2.16 bits per heavy atom. The molecule has 1 aromatic rings. The van der Waals surface area contributed by atoms with E-state index in [1.165, 1.54) is 11.1 Å². The maximum Gasteiger partial charge on any atom is 0.306 e. The van der Waals surface area contributed by atoms with Crippen LogP contribution >= 0.6 is 11.3 Å². The fourth-order valence-electron chi connectivity index (χ4n) is 2.34. The van der Waals surface area contributed by atoms with Gasteiger partial charge in [-0.15, -0.1) is 11.3 Å². The van der Waals surface area contributed by atoms with Gasteiger partial charge in [0.25, 0.3) is 0 Å². The van der Waals surface area contributed by atoms with Crippen molar-refractivity contribution in [3.63, 3.8) is 0 Å². The Morgan fingerprint density at radius 3 is 2.72 bits per heavy atom. The number of hydrogen-bond donors (Lipinski definition) is 1. The van der Waals surface area contributed by atoms with Gasteiger partial charge in [0.15, 0.2) is 0 Å². The first kappa shape index (κ1) is 21.3. The number of carbonyl (C=O) groups excluding carboxylic acids is 1. The Hall–Kier alpha value is -1.72. The second-order valence-electron chi connectivity index (χ2n) is 6.17. The molecule has 138 valence electrons. The third-order valence-corrected chi connectivity index (χ3v) is 4.66. The molecule has 0 radical (unpaired) electrons. The topological polar surface area (TPSA) is 53.4 Å². The second-order valence-corrected chi connectivity index (χ2v) is 7.15. The average molecular weight is 363 g/mol. The molecule has 0 atom stereocenters. The van der Waals surface area contributed by atoms with E-state index in [0.29, 0.717) is 6.42 Å². The van der Waals surface area contributed by atoms with Crippen LogP contribution in [0.15, 0.2) is 35.2 Å². The van der Waals surface area contributed by atoms with Gasteiger partial charge in [-0.25, -0.2) is 0 Å². The summed E-state index contributed by atoms with van der Waals surface area (Å²) in [6, 6.07) is 4.10. The normalized spacial score (nSPS) is 16.4. The van der Waals surface area contributed by atoms with Gasteiger partial charge >= 0.3 is 5.97 Å². The summed E-state index contributed by atoms with van der Waals surface area (Å²) in [4.78, 5) is 14.7. The molecule has 0 aliphatic carbocycles. The number of rotatable bonds is 6. The van der Waals surface area contributed by atoms with Crippen LogP contribution in [-0.2, 0) is 9.53 Å². The summed E-state index contributed by atoms with van der Waals surface area (Å²) >= 11 is 1.71. The molecule has 1 saturated heterocycles. The van der Waals surface area contributed by atoms with Crippen LogP contribution in [-0.4, -0.2) is 43.3 Å². The predicted molar refractivity (Wildman–Crippen MR) is 107 cm³/mol. The highest BCUT2D eigenvalue weighted by Crippen LogP contribution is 2.13. The minimum absolute atomic E-state index is 0.0305. The molecule has 0 saturated carbocycles. The zero-order valence-electron chi connectivity index (χ0n) is 15.5. The van der Waals surface area contributed by atoms with Crippen molar-refractivity contribution in [2.24, 2.45) is 0 Å². The number of allylic oxidation sites excluding steroid dienone is 3. The molecular formula is C20H30N2O2S. The van der Waals surface area contributed by atoms with Crippen molar-refractivity contribution >= 4 is 29.6 Å². The third kappa shape index (κ3) is 9.99. The van der Waals surface area contributed by atoms with Crippen LogP contribution in [0.1, 0.15) is 44.4 Å². The highest BCUT2D eigenvalue weighted by Gasteiger charge is 2.19. The van der Waals surface area contributed by atoms with E-state index in [4.69, 9.17) is 10.1 Å². The van der Waals surface area contributed by atoms with Gasteiger partial charge < -0.3 is 15.0 Å². The summed E-state index contributed by atoms with van der Waals surface area (Å²) < 4.78 is 5.31. The fourth-order valence-corrected chi connectivity index (χ4v) is 2.96. The number of hydrogen-bond acceptors (Lipinski definition) is 5. The molecule has 1 N–H and O–H groups in total. The molecule has 0 aromatic carbocycles. The summed E-state index contributed by atoms with van der Waals surface area (Å²) in [6.07, 6.45) is 10.7. The van der Waals surface area contributed by atoms with Crippen molar-refractivity contribution in [3.05, 3.63) is 40.1 Å². The zero-order valence-corrected chi connectivity index (χ0v) is 16.3. The van der Waals surface area contributed by atoms with Gasteiger partial charge in [-0.05, 0) is 62.4 Å². The maximum atomic E-state index is 11.2. The standard InChI is InChI=1S/C10H19NO2.C10H11NS/c1-3-4-10(12)13-9-5-7-11(2)8-6-9;1-9(6-7-11)4-5-10-3-2-8-12-10/h9H,3-8H2,1-2H3;2-8,11H,1H3/b;5-4+,9-6+,11-7?. The summed E-state index contributed by atoms with van der Waals surface area (Å²) in [6.45, 7) is 6.07. The molecule has 1 aliphatic heterocycles. The zero-order chi connectivity index (χ0) is 18.5. The van der Waals surface area contributed by atoms with Crippen LogP contribution in [0.25, 0.3) is 6.08 Å². The number of carbonyl (C=O) groups is 1. The number of nitrogens with zero attached hydrogens (tertiary/aromatic N) is 1. The Bertz CT molecular complexity index is 556. The van der Waals surface area contributed by atoms with Crippen LogP contribution in [0.3, 0.4) is 0 Å². The molecule has 0 bridgehead atoms. The highest BCUT2D eigenvalue weighted by molar-refractivity contribution is 7.10. The average Bonchev–Trinajstić information content (AvgIpc) is 3.10. The van der Waals surface area contributed by atoms with Crippen LogP contribution in [0, 0.1) is 5.41 Å². The maximum absolute atomic E-state index is 11.2. The lowest BCUT2D eigenvalue weighted by atomic mass is 10.1. The van der Waals surface area contributed by atoms with Crippen LogP contribution < -0.4 is 0 Å². The summed E-state index contributed by atoms with van der Waals surface area (Å²) in [5, 5.41) is 8.90. The Balaban J connectivity index is 0.000000251. The number of piperidine rings is 1. The van der Waals surface area contributed by atoms with Crippen molar-refractivity contribution < 1.29 is 9.53 Å². The number of esters is 1. The molecule has 0 unspecified atom stereocenters. The largest absolute Gasteiger partial charge is 0.462 e.